The smallest absolute Gasteiger partial charge is 0.221 e. The summed E-state index contributed by atoms with van der Waals surface area (Å²) in [5.74, 6) is 0.0612. The van der Waals surface area contributed by atoms with Gasteiger partial charge in [0.2, 0.25) is 5.91 Å². The molecule has 0 radical (unpaired) electrons. The number of nitrogens with two attached hydrogens (primary N) is 1. The molecule has 1 atom stereocenters. The third-order valence-electron chi connectivity index (χ3n) is 4.00. The largest absolute Gasteiger partial charge is 0.355 e. The van der Waals surface area contributed by atoms with Gasteiger partial charge in [-0.3, -0.25) is 4.79 Å². The van der Waals surface area contributed by atoms with E-state index in [1.165, 1.54) is 12.8 Å². The highest BCUT2D eigenvalue weighted by Crippen LogP contribution is 2.47. The zero-order valence-electron chi connectivity index (χ0n) is 11.0. The Morgan fingerprint density at radius 2 is 2.06 bits per heavy atom. The number of carbonyl (C=O) groups is 1. The first kappa shape index (κ1) is 13.1. The maximum absolute atomic E-state index is 11.8. The second-order valence-electron chi connectivity index (χ2n) is 5.35. The van der Waals surface area contributed by atoms with Crippen molar-refractivity contribution >= 4 is 5.91 Å². The van der Waals surface area contributed by atoms with Gasteiger partial charge in [-0.25, -0.2) is 0 Å². The van der Waals surface area contributed by atoms with E-state index in [-0.39, 0.29) is 11.9 Å². The average Bonchev–Trinajstić information content (AvgIpc) is 3.18. The first-order valence-corrected chi connectivity index (χ1v) is 6.72. The van der Waals surface area contributed by atoms with E-state index >= 15 is 0 Å². The molecule has 1 fully saturated rings. The highest BCUT2D eigenvalue weighted by molar-refractivity contribution is 5.76. The van der Waals surface area contributed by atoms with Crippen LogP contribution < -0.4 is 11.1 Å². The second-order valence-corrected chi connectivity index (χ2v) is 5.35. The van der Waals surface area contributed by atoms with Crippen LogP contribution in [0.3, 0.4) is 0 Å². The molecule has 0 aromatic heterocycles. The molecule has 1 amide bonds. The van der Waals surface area contributed by atoms with Gasteiger partial charge in [0.25, 0.3) is 0 Å². The Bertz CT molecular complexity index is 398. The molecule has 0 saturated heterocycles. The summed E-state index contributed by atoms with van der Waals surface area (Å²) in [6.07, 6.45) is 4.00. The minimum atomic E-state index is -0.206. The Balaban J connectivity index is 1.77. The third kappa shape index (κ3) is 3.33. The van der Waals surface area contributed by atoms with E-state index < -0.39 is 0 Å². The van der Waals surface area contributed by atoms with Gasteiger partial charge < -0.3 is 11.1 Å². The van der Waals surface area contributed by atoms with E-state index in [0.29, 0.717) is 11.8 Å². The average molecular weight is 246 g/mol. The molecule has 3 heteroatoms. The summed E-state index contributed by atoms with van der Waals surface area (Å²) in [6.45, 7) is 3.00. The molecule has 18 heavy (non-hydrogen) atoms. The van der Waals surface area contributed by atoms with Gasteiger partial charge in [-0.15, -0.1) is 0 Å². The first-order chi connectivity index (χ1) is 8.65. The monoisotopic (exact) mass is 246 g/mol. The van der Waals surface area contributed by atoms with Gasteiger partial charge in [-0.2, -0.15) is 0 Å². The van der Waals surface area contributed by atoms with Gasteiger partial charge in [0, 0.05) is 19.0 Å². The van der Waals surface area contributed by atoms with Crippen LogP contribution in [0.1, 0.15) is 44.2 Å². The normalized spacial score (nSPS) is 18.1. The van der Waals surface area contributed by atoms with Crippen LogP contribution >= 0.6 is 0 Å². The fourth-order valence-corrected chi connectivity index (χ4v) is 2.21. The van der Waals surface area contributed by atoms with Crippen LogP contribution in [0.5, 0.6) is 0 Å². The van der Waals surface area contributed by atoms with Crippen molar-refractivity contribution in [2.45, 2.75) is 38.6 Å². The molecule has 98 valence electrons. The maximum atomic E-state index is 11.8. The lowest BCUT2D eigenvalue weighted by Crippen LogP contribution is -2.32. The van der Waals surface area contributed by atoms with Crippen molar-refractivity contribution < 1.29 is 4.79 Å². The summed E-state index contributed by atoms with van der Waals surface area (Å²) >= 11 is 0. The molecule has 1 aromatic rings. The van der Waals surface area contributed by atoms with E-state index in [4.69, 9.17) is 5.73 Å². The van der Waals surface area contributed by atoms with Gasteiger partial charge in [0.1, 0.15) is 0 Å². The Hall–Kier alpha value is -1.35. The summed E-state index contributed by atoms with van der Waals surface area (Å²) in [5.41, 5.74) is 7.44. The van der Waals surface area contributed by atoms with Crippen LogP contribution in [0.25, 0.3) is 0 Å². The molecule has 2 rings (SSSR count). The van der Waals surface area contributed by atoms with Crippen molar-refractivity contribution in [3.8, 4) is 0 Å². The van der Waals surface area contributed by atoms with E-state index in [9.17, 15) is 4.79 Å². The lowest BCUT2D eigenvalue weighted by molar-refractivity contribution is -0.121. The number of nitrogens with one attached hydrogen (secondary N) is 1. The van der Waals surface area contributed by atoms with Crippen LogP contribution in [0.15, 0.2) is 30.3 Å². The SMILES string of the molecule is CCC1(CNC(=O)CC(N)c2ccccc2)CC1. The zero-order valence-corrected chi connectivity index (χ0v) is 11.0. The molecule has 0 spiro atoms. The molecule has 0 aliphatic heterocycles. The van der Waals surface area contributed by atoms with E-state index in [1.807, 2.05) is 30.3 Å². The Morgan fingerprint density at radius 3 is 2.61 bits per heavy atom. The summed E-state index contributed by atoms with van der Waals surface area (Å²) < 4.78 is 0. The van der Waals surface area contributed by atoms with Crippen LogP contribution in [0.2, 0.25) is 0 Å². The summed E-state index contributed by atoms with van der Waals surface area (Å²) in [5, 5.41) is 3.02. The van der Waals surface area contributed by atoms with E-state index in [2.05, 4.69) is 12.2 Å². The molecule has 1 saturated carbocycles. The Morgan fingerprint density at radius 1 is 1.39 bits per heavy atom. The lowest BCUT2D eigenvalue weighted by Gasteiger charge is -2.15. The highest BCUT2D eigenvalue weighted by Gasteiger charge is 2.40. The molecule has 3 nitrogen and oxygen atoms in total. The molecule has 3 N–H and O–H groups in total. The number of carbonyl (C=O) groups excluding carboxylic acids is 1. The summed E-state index contributed by atoms with van der Waals surface area (Å²) in [6, 6.07) is 9.57. The second kappa shape index (κ2) is 5.53. The van der Waals surface area contributed by atoms with E-state index in [1.54, 1.807) is 0 Å². The summed E-state index contributed by atoms with van der Waals surface area (Å²) in [4.78, 5) is 11.8. The van der Waals surface area contributed by atoms with Crippen molar-refractivity contribution in [3.05, 3.63) is 35.9 Å². The van der Waals surface area contributed by atoms with Crippen LogP contribution in [0, 0.1) is 5.41 Å². The quantitative estimate of drug-likeness (QED) is 0.809. The Kier molecular flexibility index (Phi) is 4.02. The number of hydrogen-bond acceptors (Lipinski definition) is 2. The zero-order chi connectivity index (χ0) is 13.0. The molecule has 0 heterocycles. The van der Waals surface area contributed by atoms with Gasteiger partial charge in [-0.05, 0) is 30.2 Å². The molecular weight excluding hydrogens is 224 g/mol. The molecule has 0 bridgehead atoms. The highest BCUT2D eigenvalue weighted by atomic mass is 16.1. The molecule has 1 aliphatic rings. The minimum absolute atomic E-state index is 0.0612. The van der Waals surface area contributed by atoms with Gasteiger partial charge >= 0.3 is 0 Å². The fourth-order valence-electron chi connectivity index (χ4n) is 2.21. The lowest BCUT2D eigenvalue weighted by atomic mass is 10.0. The predicted molar refractivity (Wildman–Crippen MR) is 73.0 cm³/mol. The van der Waals surface area contributed by atoms with Crippen molar-refractivity contribution in [1.82, 2.24) is 5.32 Å². The number of amides is 1. The van der Waals surface area contributed by atoms with Crippen molar-refractivity contribution in [2.75, 3.05) is 6.54 Å². The van der Waals surface area contributed by atoms with Gasteiger partial charge in [0.15, 0.2) is 0 Å². The minimum Gasteiger partial charge on any atom is -0.355 e. The van der Waals surface area contributed by atoms with Gasteiger partial charge in [0.05, 0.1) is 0 Å². The summed E-state index contributed by atoms with van der Waals surface area (Å²) in [7, 11) is 0. The molecule has 1 unspecified atom stereocenters. The third-order valence-corrected chi connectivity index (χ3v) is 4.00. The van der Waals surface area contributed by atoms with Crippen LogP contribution in [-0.2, 0) is 4.79 Å². The van der Waals surface area contributed by atoms with Crippen molar-refractivity contribution in [1.29, 1.82) is 0 Å². The van der Waals surface area contributed by atoms with Crippen molar-refractivity contribution in [2.24, 2.45) is 11.1 Å². The van der Waals surface area contributed by atoms with Crippen molar-refractivity contribution in [3.63, 3.8) is 0 Å². The molecule has 1 aromatic carbocycles. The fraction of sp³-hybridized carbons (Fsp3) is 0.533. The first-order valence-electron chi connectivity index (χ1n) is 6.72. The molecular formula is C15H22N2O. The van der Waals surface area contributed by atoms with Gasteiger partial charge in [-0.1, -0.05) is 37.3 Å². The molecule has 1 aliphatic carbocycles. The van der Waals surface area contributed by atoms with Crippen LogP contribution in [0.4, 0.5) is 0 Å². The Labute approximate surface area is 109 Å². The number of benzene rings is 1. The van der Waals surface area contributed by atoms with Crippen LogP contribution in [-0.4, -0.2) is 12.5 Å². The standard InChI is InChI=1S/C15H22N2O/c1-2-15(8-9-15)11-17-14(18)10-13(16)12-6-4-3-5-7-12/h3-7,13H,2,8-11,16H2,1H3,(H,17,18). The maximum Gasteiger partial charge on any atom is 0.221 e. The number of hydrogen-bond donors (Lipinski definition) is 2. The number of rotatable bonds is 6. The van der Waals surface area contributed by atoms with E-state index in [0.717, 1.165) is 18.5 Å². The topological polar surface area (TPSA) is 55.1 Å². The predicted octanol–water partition coefficient (Wildman–Crippen LogP) is 2.38.